The van der Waals surface area contributed by atoms with Crippen LogP contribution < -0.4 is 10.1 Å². The third kappa shape index (κ3) is 3.48. The van der Waals surface area contributed by atoms with Crippen molar-refractivity contribution in [2.75, 3.05) is 18.2 Å². The van der Waals surface area contributed by atoms with Crippen LogP contribution in [0.1, 0.15) is 11.1 Å². The summed E-state index contributed by atoms with van der Waals surface area (Å²) in [5, 5.41) is 7.43. The van der Waals surface area contributed by atoms with Crippen molar-refractivity contribution in [2.45, 2.75) is 17.9 Å². The predicted octanol–water partition coefficient (Wildman–Crippen LogP) is 2.88. The highest BCUT2D eigenvalue weighted by Gasteiger charge is 2.20. The van der Waals surface area contributed by atoms with Gasteiger partial charge in [0.15, 0.2) is 21.3 Å². The van der Waals surface area contributed by atoms with Gasteiger partial charge in [0.2, 0.25) is 0 Å². The minimum Gasteiger partial charge on any atom is -0.493 e. The quantitative estimate of drug-likeness (QED) is 0.511. The molecule has 0 aliphatic carbocycles. The highest BCUT2D eigenvalue weighted by molar-refractivity contribution is 7.90. The van der Waals surface area contributed by atoms with Crippen LogP contribution in [0.2, 0.25) is 0 Å². The number of fused-ring (bicyclic) bond motifs is 2. The summed E-state index contributed by atoms with van der Waals surface area (Å²) in [7, 11) is -3.28. The summed E-state index contributed by atoms with van der Waals surface area (Å²) < 4.78 is 44.9. The van der Waals surface area contributed by atoms with Gasteiger partial charge in [0.25, 0.3) is 0 Å². The van der Waals surface area contributed by atoms with Crippen molar-refractivity contribution in [1.29, 1.82) is 0 Å². The van der Waals surface area contributed by atoms with E-state index in [1.165, 1.54) is 12.4 Å². The summed E-state index contributed by atoms with van der Waals surface area (Å²) >= 11 is 0. The molecule has 0 spiro atoms. The normalized spacial score (nSPS) is 13.2. The Balaban J connectivity index is 1.47. The van der Waals surface area contributed by atoms with Gasteiger partial charge in [0.1, 0.15) is 17.9 Å². The van der Waals surface area contributed by atoms with Crippen LogP contribution in [0.3, 0.4) is 0 Å². The fraction of sp³-hybridized carbons (Fsp3) is 0.190. The first-order valence-electron chi connectivity index (χ1n) is 9.58. The largest absolute Gasteiger partial charge is 0.493 e. The molecule has 10 heteroatoms. The molecule has 158 valence electrons. The maximum absolute atomic E-state index is 14.4. The fourth-order valence-corrected chi connectivity index (χ4v) is 4.32. The van der Waals surface area contributed by atoms with Gasteiger partial charge in [-0.15, -0.1) is 0 Å². The van der Waals surface area contributed by atoms with E-state index in [1.54, 1.807) is 41.0 Å². The smallest absolute Gasteiger partial charge is 0.198 e. The molecular formula is C21H18FN5O3S. The fourth-order valence-electron chi connectivity index (χ4n) is 3.69. The zero-order valence-electron chi connectivity index (χ0n) is 16.5. The Hall–Kier alpha value is -3.53. The standard InChI is InChI=1S/C21H18FN5O3S/c1-31(28,29)14-4-2-13(3-5-14)18-11-24-20(21-25-12-26-27(18)21)23-10-16-15-8-9-30-19(15)7-6-17(16)22/h2-7,11-12H,8-10H2,1H3,(H,23,24). The van der Waals surface area contributed by atoms with Crippen molar-refractivity contribution < 1.29 is 17.5 Å². The summed E-state index contributed by atoms with van der Waals surface area (Å²) in [5.74, 6) is 0.883. The first kappa shape index (κ1) is 19.4. The van der Waals surface area contributed by atoms with Crippen LogP contribution in [-0.4, -0.2) is 40.9 Å². The molecule has 5 rings (SSSR count). The second-order valence-electron chi connectivity index (χ2n) is 7.24. The first-order valence-corrected chi connectivity index (χ1v) is 11.5. The number of ether oxygens (including phenoxy) is 1. The van der Waals surface area contributed by atoms with Crippen molar-refractivity contribution in [1.82, 2.24) is 19.6 Å². The van der Waals surface area contributed by atoms with Crippen molar-refractivity contribution in [3.05, 3.63) is 65.9 Å². The highest BCUT2D eigenvalue weighted by Crippen LogP contribution is 2.31. The van der Waals surface area contributed by atoms with Crippen LogP contribution in [0.15, 0.2) is 53.8 Å². The van der Waals surface area contributed by atoms with E-state index in [2.05, 4.69) is 20.4 Å². The molecule has 2 aromatic heterocycles. The Kier molecular flexibility index (Phi) is 4.58. The van der Waals surface area contributed by atoms with E-state index in [9.17, 15) is 12.8 Å². The molecule has 0 fully saturated rings. The molecule has 0 radical (unpaired) electrons. The Morgan fingerprint density at radius 2 is 1.97 bits per heavy atom. The van der Waals surface area contributed by atoms with E-state index >= 15 is 0 Å². The zero-order valence-corrected chi connectivity index (χ0v) is 17.4. The van der Waals surface area contributed by atoms with Gasteiger partial charge in [-0.3, -0.25) is 0 Å². The lowest BCUT2D eigenvalue weighted by atomic mass is 10.0. The second kappa shape index (κ2) is 7.31. The van der Waals surface area contributed by atoms with Crippen LogP contribution in [-0.2, 0) is 22.8 Å². The second-order valence-corrected chi connectivity index (χ2v) is 9.25. The lowest BCUT2D eigenvalue weighted by molar-refractivity contribution is 0.356. The van der Waals surface area contributed by atoms with Crippen LogP contribution in [0, 0.1) is 5.82 Å². The van der Waals surface area contributed by atoms with E-state index in [0.717, 1.165) is 17.4 Å². The van der Waals surface area contributed by atoms with Gasteiger partial charge in [-0.2, -0.15) is 5.10 Å². The number of hydrogen-bond acceptors (Lipinski definition) is 7. The van der Waals surface area contributed by atoms with Gasteiger partial charge >= 0.3 is 0 Å². The van der Waals surface area contributed by atoms with Gasteiger partial charge in [-0.25, -0.2) is 27.3 Å². The molecule has 3 heterocycles. The minimum absolute atomic E-state index is 0.232. The summed E-state index contributed by atoms with van der Waals surface area (Å²) in [5.41, 5.74) is 3.29. The Morgan fingerprint density at radius 1 is 1.16 bits per heavy atom. The molecule has 2 aromatic carbocycles. The van der Waals surface area contributed by atoms with Crippen molar-refractivity contribution in [3.8, 4) is 17.0 Å². The molecule has 1 aliphatic heterocycles. The van der Waals surface area contributed by atoms with Gasteiger partial charge in [0.05, 0.1) is 23.4 Å². The Labute approximate surface area is 177 Å². The van der Waals surface area contributed by atoms with Gasteiger partial charge in [-0.1, -0.05) is 12.1 Å². The summed E-state index contributed by atoms with van der Waals surface area (Å²) in [6.07, 6.45) is 4.86. The van der Waals surface area contributed by atoms with Gasteiger partial charge in [-0.05, 0) is 24.3 Å². The minimum atomic E-state index is -3.28. The molecule has 0 atom stereocenters. The van der Waals surface area contributed by atoms with E-state index in [1.807, 2.05) is 0 Å². The molecule has 0 amide bonds. The van der Waals surface area contributed by atoms with Crippen molar-refractivity contribution in [2.24, 2.45) is 0 Å². The number of nitrogens with one attached hydrogen (secondary N) is 1. The molecule has 1 N–H and O–H groups in total. The van der Waals surface area contributed by atoms with E-state index in [4.69, 9.17) is 4.74 Å². The molecule has 4 aromatic rings. The number of rotatable bonds is 5. The van der Waals surface area contributed by atoms with Gasteiger partial charge < -0.3 is 10.1 Å². The topological polar surface area (TPSA) is 98.5 Å². The lowest BCUT2D eigenvalue weighted by Crippen LogP contribution is -2.08. The monoisotopic (exact) mass is 439 g/mol. The maximum Gasteiger partial charge on any atom is 0.198 e. The van der Waals surface area contributed by atoms with E-state index < -0.39 is 9.84 Å². The van der Waals surface area contributed by atoms with Crippen LogP contribution in [0.25, 0.3) is 16.9 Å². The molecule has 31 heavy (non-hydrogen) atoms. The molecular weight excluding hydrogens is 421 g/mol. The summed E-state index contributed by atoms with van der Waals surface area (Å²) in [6, 6.07) is 9.54. The maximum atomic E-state index is 14.4. The zero-order chi connectivity index (χ0) is 21.6. The van der Waals surface area contributed by atoms with Crippen molar-refractivity contribution in [3.63, 3.8) is 0 Å². The number of hydrogen-bond donors (Lipinski definition) is 1. The first-order chi connectivity index (χ1) is 14.9. The molecule has 0 saturated heterocycles. The number of sulfone groups is 1. The molecule has 8 nitrogen and oxygen atoms in total. The Morgan fingerprint density at radius 3 is 2.74 bits per heavy atom. The van der Waals surface area contributed by atoms with Crippen LogP contribution >= 0.6 is 0 Å². The van der Waals surface area contributed by atoms with Crippen LogP contribution in [0.5, 0.6) is 5.75 Å². The van der Waals surface area contributed by atoms with E-state index in [-0.39, 0.29) is 17.3 Å². The molecule has 0 bridgehead atoms. The van der Waals surface area contributed by atoms with Crippen molar-refractivity contribution >= 4 is 21.3 Å². The summed E-state index contributed by atoms with van der Waals surface area (Å²) in [6.45, 7) is 0.779. The SMILES string of the molecule is CS(=O)(=O)c1ccc(-c2cnc(NCc3c(F)ccc4c3CCO4)c3ncnn23)cc1. The molecule has 1 aliphatic rings. The lowest BCUT2D eigenvalue weighted by Gasteiger charge is -2.12. The van der Waals surface area contributed by atoms with E-state index in [0.29, 0.717) is 41.5 Å². The molecule has 0 saturated carbocycles. The third-order valence-corrected chi connectivity index (χ3v) is 6.38. The number of benzene rings is 2. The highest BCUT2D eigenvalue weighted by atomic mass is 32.2. The Bertz CT molecular complexity index is 1400. The average Bonchev–Trinajstić information content (AvgIpc) is 3.42. The number of halogens is 1. The number of aromatic nitrogens is 4. The number of nitrogens with zero attached hydrogens (tertiary/aromatic N) is 4. The van der Waals surface area contributed by atoms with Crippen LogP contribution in [0.4, 0.5) is 10.2 Å². The van der Waals surface area contributed by atoms with Gasteiger partial charge in [0, 0.05) is 35.9 Å². The average molecular weight is 439 g/mol. The third-order valence-electron chi connectivity index (χ3n) is 5.26. The predicted molar refractivity (Wildman–Crippen MR) is 112 cm³/mol. The summed E-state index contributed by atoms with van der Waals surface area (Å²) in [4.78, 5) is 8.97. The number of anilines is 1. The molecule has 0 unspecified atom stereocenters.